The molecule has 0 fully saturated rings. The zero-order chi connectivity index (χ0) is 12.9. The summed E-state index contributed by atoms with van der Waals surface area (Å²) >= 11 is 22.4. The normalized spacial score (nSPS) is 9.38. The molecule has 1 aromatic rings. The van der Waals surface area contributed by atoms with Gasteiger partial charge in [-0.25, -0.2) is 4.79 Å². The topological polar surface area (TPSA) is 49.3 Å². The van der Waals surface area contributed by atoms with Crippen molar-refractivity contribution < 1.29 is 9.90 Å². The number of halogens is 4. The molecule has 0 amide bonds. The van der Waals surface area contributed by atoms with Gasteiger partial charge in [-0.15, -0.1) is 0 Å². The van der Waals surface area contributed by atoms with Gasteiger partial charge in [-0.05, 0) is 20.2 Å². The number of nitrogens with one attached hydrogen (secondary N) is 1. The van der Waals surface area contributed by atoms with Gasteiger partial charge in [0, 0.05) is 0 Å². The highest BCUT2D eigenvalue weighted by Crippen LogP contribution is 2.36. The number of carboxylic acid groups (broad SMARTS) is 1. The van der Waals surface area contributed by atoms with E-state index in [0.29, 0.717) is 0 Å². The summed E-state index contributed by atoms with van der Waals surface area (Å²) in [5.74, 6) is -1.26. The van der Waals surface area contributed by atoms with Crippen LogP contribution in [0.1, 0.15) is 10.4 Å². The average molecular weight is 305 g/mol. The van der Waals surface area contributed by atoms with Crippen LogP contribution in [0.15, 0.2) is 6.07 Å². The molecule has 3 nitrogen and oxygen atoms in total. The first kappa shape index (κ1) is 15.8. The molecule has 1 aromatic carbocycles. The number of carbonyl (C=O) groups is 1. The maximum absolute atomic E-state index is 10.7. The molecule has 0 aliphatic carbocycles. The number of carboxylic acids is 1. The van der Waals surface area contributed by atoms with E-state index in [0.717, 1.165) is 0 Å². The second kappa shape index (κ2) is 7.20. The Balaban J connectivity index is 0.000000673. The molecule has 0 atom stereocenters. The highest BCUT2D eigenvalue weighted by molar-refractivity contribution is 6.49. The molecule has 0 unspecified atom stereocenters. The van der Waals surface area contributed by atoms with Gasteiger partial charge in [0.25, 0.3) is 0 Å². The van der Waals surface area contributed by atoms with Gasteiger partial charge >= 0.3 is 5.97 Å². The van der Waals surface area contributed by atoms with E-state index in [2.05, 4.69) is 5.32 Å². The molecule has 0 saturated carbocycles. The Morgan fingerprint density at radius 3 is 1.69 bits per heavy atom. The molecule has 0 saturated heterocycles. The van der Waals surface area contributed by atoms with Crippen LogP contribution in [0.5, 0.6) is 0 Å². The van der Waals surface area contributed by atoms with Crippen molar-refractivity contribution in [3.05, 3.63) is 31.7 Å². The lowest BCUT2D eigenvalue weighted by molar-refractivity contribution is 0.0697. The second-order valence-corrected chi connectivity index (χ2v) is 4.22. The van der Waals surface area contributed by atoms with Gasteiger partial charge in [0.05, 0.1) is 25.7 Å². The lowest BCUT2D eigenvalue weighted by atomic mass is 10.2. The first-order valence-electron chi connectivity index (χ1n) is 4.01. The first-order valence-corrected chi connectivity index (χ1v) is 5.52. The van der Waals surface area contributed by atoms with E-state index in [-0.39, 0.29) is 25.7 Å². The van der Waals surface area contributed by atoms with Gasteiger partial charge in [0.15, 0.2) is 0 Å². The summed E-state index contributed by atoms with van der Waals surface area (Å²) in [6, 6.07) is 1.29. The largest absolute Gasteiger partial charge is 0.478 e. The van der Waals surface area contributed by atoms with E-state index in [1.165, 1.54) is 6.07 Å². The standard InChI is InChI=1S/C7H2Cl4O2.C2H7N/c8-2-1-3(9)6(11)4(5(2)10)7(12)13;1-3-2/h1H,(H,12,13);3H,1-2H3. The quantitative estimate of drug-likeness (QED) is 0.775. The fraction of sp³-hybridized carbons (Fsp3) is 0.222. The molecule has 0 aliphatic heterocycles. The molecule has 0 aromatic heterocycles. The van der Waals surface area contributed by atoms with Gasteiger partial charge in [-0.1, -0.05) is 46.4 Å². The third-order valence-electron chi connectivity index (χ3n) is 1.33. The summed E-state index contributed by atoms with van der Waals surface area (Å²) in [4.78, 5) is 10.7. The molecule has 7 heteroatoms. The van der Waals surface area contributed by atoms with E-state index in [4.69, 9.17) is 51.5 Å². The maximum atomic E-state index is 10.7. The van der Waals surface area contributed by atoms with Crippen LogP contribution < -0.4 is 5.32 Å². The Hall–Kier alpha value is -0.190. The lowest BCUT2D eigenvalue weighted by Crippen LogP contribution is -1.99. The minimum Gasteiger partial charge on any atom is -0.478 e. The van der Waals surface area contributed by atoms with Crippen molar-refractivity contribution >= 4 is 52.4 Å². The SMILES string of the molecule is CNC.O=C(O)c1c(Cl)c(Cl)cc(Cl)c1Cl. The van der Waals surface area contributed by atoms with E-state index in [1.807, 2.05) is 14.1 Å². The van der Waals surface area contributed by atoms with Crippen molar-refractivity contribution in [3.8, 4) is 0 Å². The Kier molecular flexibility index (Phi) is 7.11. The van der Waals surface area contributed by atoms with Crippen molar-refractivity contribution in [1.29, 1.82) is 0 Å². The van der Waals surface area contributed by atoms with E-state index in [1.54, 1.807) is 0 Å². The molecule has 0 bridgehead atoms. The predicted octanol–water partition coefficient (Wildman–Crippen LogP) is 3.83. The Bertz CT molecular complexity index is 369. The van der Waals surface area contributed by atoms with Crippen LogP contribution in [0.2, 0.25) is 20.1 Å². The molecule has 0 heterocycles. The van der Waals surface area contributed by atoms with Crippen LogP contribution in [-0.2, 0) is 0 Å². The minimum absolute atomic E-state index is 0.0634. The molecule has 0 radical (unpaired) electrons. The summed E-state index contributed by atoms with van der Waals surface area (Å²) < 4.78 is 0. The summed E-state index contributed by atoms with van der Waals surface area (Å²) in [6.07, 6.45) is 0. The summed E-state index contributed by atoms with van der Waals surface area (Å²) in [6.45, 7) is 0. The Morgan fingerprint density at radius 2 is 1.44 bits per heavy atom. The van der Waals surface area contributed by atoms with Gasteiger partial charge in [0.2, 0.25) is 0 Å². The van der Waals surface area contributed by atoms with Crippen LogP contribution in [0.4, 0.5) is 0 Å². The van der Waals surface area contributed by atoms with Crippen LogP contribution in [0.25, 0.3) is 0 Å². The number of hydrogen-bond donors (Lipinski definition) is 2. The van der Waals surface area contributed by atoms with Crippen LogP contribution in [0, 0.1) is 0 Å². The molecule has 90 valence electrons. The molecule has 0 spiro atoms. The fourth-order valence-corrected chi connectivity index (χ4v) is 1.73. The zero-order valence-electron chi connectivity index (χ0n) is 8.44. The predicted molar refractivity (Wildman–Crippen MR) is 68.4 cm³/mol. The third kappa shape index (κ3) is 4.00. The van der Waals surface area contributed by atoms with E-state index >= 15 is 0 Å². The van der Waals surface area contributed by atoms with E-state index in [9.17, 15) is 4.79 Å². The molecule has 16 heavy (non-hydrogen) atoms. The molecule has 2 N–H and O–H groups in total. The number of rotatable bonds is 1. The average Bonchev–Trinajstić information content (AvgIpc) is 2.16. The summed E-state index contributed by atoms with van der Waals surface area (Å²) in [5, 5.41) is 11.4. The van der Waals surface area contributed by atoms with Crippen LogP contribution >= 0.6 is 46.4 Å². The first-order chi connectivity index (χ1) is 7.36. The zero-order valence-corrected chi connectivity index (χ0v) is 11.5. The van der Waals surface area contributed by atoms with Gasteiger partial charge < -0.3 is 10.4 Å². The van der Waals surface area contributed by atoms with Crippen molar-refractivity contribution in [3.63, 3.8) is 0 Å². The van der Waals surface area contributed by atoms with Crippen LogP contribution in [-0.4, -0.2) is 25.2 Å². The number of benzene rings is 1. The van der Waals surface area contributed by atoms with Crippen LogP contribution in [0.3, 0.4) is 0 Å². The van der Waals surface area contributed by atoms with Gasteiger partial charge in [0.1, 0.15) is 0 Å². The number of aromatic carboxylic acids is 1. The van der Waals surface area contributed by atoms with Gasteiger partial charge in [-0.2, -0.15) is 0 Å². The molecular weight excluding hydrogens is 296 g/mol. The number of hydrogen-bond acceptors (Lipinski definition) is 2. The van der Waals surface area contributed by atoms with Crippen molar-refractivity contribution in [2.45, 2.75) is 0 Å². The fourth-order valence-electron chi connectivity index (χ4n) is 0.761. The molecule has 0 aliphatic rings. The third-order valence-corrected chi connectivity index (χ3v) is 2.90. The monoisotopic (exact) mass is 303 g/mol. The highest BCUT2D eigenvalue weighted by atomic mass is 35.5. The summed E-state index contributed by atoms with van der Waals surface area (Å²) in [5.41, 5.74) is -0.277. The van der Waals surface area contributed by atoms with Gasteiger partial charge in [-0.3, -0.25) is 0 Å². The highest BCUT2D eigenvalue weighted by Gasteiger charge is 2.19. The molecular formula is C9H9Cl4NO2. The second-order valence-electron chi connectivity index (χ2n) is 2.65. The molecule has 1 rings (SSSR count). The Morgan fingerprint density at radius 1 is 1.12 bits per heavy atom. The minimum atomic E-state index is -1.26. The van der Waals surface area contributed by atoms with Crippen molar-refractivity contribution in [1.82, 2.24) is 5.32 Å². The smallest absolute Gasteiger partial charge is 0.338 e. The van der Waals surface area contributed by atoms with E-state index < -0.39 is 5.97 Å². The maximum Gasteiger partial charge on any atom is 0.338 e. The van der Waals surface area contributed by atoms with Crippen molar-refractivity contribution in [2.75, 3.05) is 14.1 Å². The van der Waals surface area contributed by atoms with Crippen molar-refractivity contribution in [2.24, 2.45) is 0 Å². The lowest BCUT2D eigenvalue weighted by Gasteiger charge is -2.05. The Labute approximate surface area is 113 Å². The summed E-state index contributed by atoms with van der Waals surface area (Å²) in [7, 11) is 3.75.